The molecule has 0 aromatic carbocycles. The maximum atomic E-state index is 11.9. The Labute approximate surface area is 133 Å². The molecule has 0 aliphatic carbocycles. The van der Waals surface area contributed by atoms with Gasteiger partial charge in [-0.1, -0.05) is 20.8 Å². The van der Waals surface area contributed by atoms with E-state index < -0.39 is 16.6 Å². The van der Waals surface area contributed by atoms with Crippen LogP contribution in [0.2, 0.25) is 37.3 Å². The standard InChI is InChI=1S/C15H35NO3Si2/c1-7-21(8-2,9-3)19-15(17)11-13-16-12-10-14-20(5,6)18-4/h16H,7-14H2,1-6H3. The number of nitrogens with one attached hydrogen (secondary N) is 1. The second kappa shape index (κ2) is 10.5. The van der Waals surface area contributed by atoms with Crippen molar-refractivity contribution in [3.8, 4) is 0 Å². The summed E-state index contributed by atoms with van der Waals surface area (Å²) in [6.07, 6.45) is 1.60. The minimum Gasteiger partial charge on any atom is -0.519 e. The normalized spacial score (nSPS) is 12.5. The fraction of sp³-hybridized carbons (Fsp3) is 0.933. The van der Waals surface area contributed by atoms with Gasteiger partial charge in [0.1, 0.15) is 0 Å². The molecule has 0 bridgehead atoms. The van der Waals surface area contributed by atoms with Crippen molar-refractivity contribution in [2.75, 3.05) is 20.2 Å². The van der Waals surface area contributed by atoms with Crippen molar-refractivity contribution in [3.05, 3.63) is 0 Å². The molecule has 0 aliphatic rings. The molecule has 0 aromatic rings. The minimum absolute atomic E-state index is 0.0219. The summed E-state index contributed by atoms with van der Waals surface area (Å²) in [6.45, 7) is 12.6. The van der Waals surface area contributed by atoms with Gasteiger partial charge in [0.05, 0.1) is 6.42 Å². The molecule has 0 amide bonds. The van der Waals surface area contributed by atoms with Crippen LogP contribution in [0.5, 0.6) is 0 Å². The summed E-state index contributed by atoms with van der Waals surface area (Å²) >= 11 is 0. The predicted molar refractivity (Wildman–Crippen MR) is 94.7 cm³/mol. The van der Waals surface area contributed by atoms with E-state index in [1.54, 1.807) is 7.11 Å². The van der Waals surface area contributed by atoms with E-state index in [1.807, 2.05) is 0 Å². The molecule has 4 nitrogen and oxygen atoms in total. The lowest BCUT2D eigenvalue weighted by molar-refractivity contribution is -0.135. The molecule has 0 heterocycles. The van der Waals surface area contributed by atoms with Gasteiger partial charge in [-0.25, -0.2) is 0 Å². The van der Waals surface area contributed by atoms with Crippen molar-refractivity contribution in [1.29, 1.82) is 0 Å². The average molecular weight is 334 g/mol. The highest BCUT2D eigenvalue weighted by Gasteiger charge is 2.32. The summed E-state index contributed by atoms with van der Waals surface area (Å²) in [5.74, 6) is -0.0219. The van der Waals surface area contributed by atoms with Crippen LogP contribution in [0, 0.1) is 0 Å². The Kier molecular flexibility index (Phi) is 10.4. The predicted octanol–water partition coefficient (Wildman–Crippen LogP) is 3.76. The zero-order chi connectivity index (χ0) is 16.4. The molecule has 0 spiro atoms. The van der Waals surface area contributed by atoms with E-state index in [0.29, 0.717) is 6.42 Å². The van der Waals surface area contributed by atoms with Crippen molar-refractivity contribution in [2.45, 2.75) is 70.9 Å². The van der Waals surface area contributed by atoms with Crippen LogP contribution in [0.3, 0.4) is 0 Å². The Morgan fingerprint density at radius 3 is 2.10 bits per heavy atom. The Morgan fingerprint density at radius 1 is 1.05 bits per heavy atom. The Hall–Kier alpha value is -0.176. The fourth-order valence-corrected chi connectivity index (χ4v) is 6.07. The van der Waals surface area contributed by atoms with Crippen molar-refractivity contribution >= 4 is 22.6 Å². The number of hydrogen-bond acceptors (Lipinski definition) is 4. The molecule has 0 aromatic heterocycles. The largest absolute Gasteiger partial charge is 0.519 e. The molecule has 126 valence electrons. The smallest absolute Gasteiger partial charge is 0.293 e. The second-order valence-electron chi connectivity index (χ2n) is 6.29. The topological polar surface area (TPSA) is 47.6 Å². The van der Waals surface area contributed by atoms with Crippen LogP contribution in [0.1, 0.15) is 33.6 Å². The van der Waals surface area contributed by atoms with Gasteiger partial charge in [-0.3, -0.25) is 4.79 Å². The van der Waals surface area contributed by atoms with Gasteiger partial charge in [0.15, 0.2) is 8.32 Å². The highest BCUT2D eigenvalue weighted by Crippen LogP contribution is 2.22. The van der Waals surface area contributed by atoms with E-state index in [9.17, 15) is 4.79 Å². The fourth-order valence-electron chi connectivity index (χ4n) is 2.32. The average Bonchev–Trinajstić information content (AvgIpc) is 2.48. The van der Waals surface area contributed by atoms with Gasteiger partial charge >= 0.3 is 0 Å². The van der Waals surface area contributed by atoms with Gasteiger partial charge < -0.3 is 14.2 Å². The van der Waals surface area contributed by atoms with E-state index in [4.69, 9.17) is 8.85 Å². The Morgan fingerprint density at radius 2 is 1.62 bits per heavy atom. The first kappa shape index (κ1) is 20.8. The Balaban J connectivity index is 3.81. The van der Waals surface area contributed by atoms with Gasteiger partial charge in [-0.05, 0) is 50.2 Å². The zero-order valence-electron chi connectivity index (χ0n) is 14.9. The van der Waals surface area contributed by atoms with Crippen LogP contribution in [0.15, 0.2) is 0 Å². The number of carbonyl (C=O) groups excluding carboxylic acids is 1. The molecule has 21 heavy (non-hydrogen) atoms. The van der Waals surface area contributed by atoms with Crippen LogP contribution in [0.4, 0.5) is 0 Å². The molecule has 1 N–H and O–H groups in total. The van der Waals surface area contributed by atoms with Crippen LogP contribution in [-0.4, -0.2) is 42.8 Å². The second-order valence-corrected chi connectivity index (χ2v) is 15.4. The zero-order valence-corrected chi connectivity index (χ0v) is 16.9. The number of rotatable bonds is 12. The summed E-state index contributed by atoms with van der Waals surface area (Å²) < 4.78 is 11.3. The molecule has 0 rings (SSSR count). The van der Waals surface area contributed by atoms with Crippen molar-refractivity contribution in [2.24, 2.45) is 0 Å². The van der Waals surface area contributed by atoms with Crippen molar-refractivity contribution in [1.82, 2.24) is 5.32 Å². The lowest BCUT2D eigenvalue weighted by Crippen LogP contribution is -2.38. The monoisotopic (exact) mass is 333 g/mol. The maximum Gasteiger partial charge on any atom is 0.293 e. The van der Waals surface area contributed by atoms with Crippen LogP contribution < -0.4 is 5.32 Å². The quantitative estimate of drug-likeness (QED) is 0.436. The molecule has 6 heteroatoms. The van der Waals surface area contributed by atoms with E-state index in [0.717, 1.165) is 43.7 Å². The third kappa shape index (κ3) is 8.75. The molecule has 0 aliphatic heterocycles. The van der Waals surface area contributed by atoms with E-state index >= 15 is 0 Å². The number of hydrogen-bond donors (Lipinski definition) is 1. The molecule has 0 unspecified atom stereocenters. The van der Waals surface area contributed by atoms with E-state index in [1.165, 1.54) is 0 Å². The summed E-state index contributed by atoms with van der Waals surface area (Å²) in [4.78, 5) is 11.9. The third-order valence-electron chi connectivity index (χ3n) is 4.45. The molecule has 0 saturated carbocycles. The van der Waals surface area contributed by atoms with Gasteiger partial charge in [0.25, 0.3) is 14.3 Å². The molecular formula is C15H35NO3Si2. The summed E-state index contributed by atoms with van der Waals surface area (Å²) in [5.41, 5.74) is 0. The molecule has 0 fully saturated rings. The summed E-state index contributed by atoms with van der Waals surface area (Å²) in [5, 5.41) is 3.33. The summed E-state index contributed by atoms with van der Waals surface area (Å²) in [7, 11) is -1.40. The van der Waals surface area contributed by atoms with Gasteiger partial charge in [-0.15, -0.1) is 0 Å². The Bertz CT molecular complexity index is 286. The lowest BCUT2D eigenvalue weighted by Gasteiger charge is -2.27. The highest BCUT2D eigenvalue weighted by atomic mass is 28.4. The van der Waals surface area contributed by atoms with Crippen LogP contribution >= 0.6 is 0 Å². The first-order chi connectivity index (χ1) is 9.84. The first-order valence-electron chi connectivity index (χ1n) is 8.32. The molecule has 0 atom stereocenters. The van der Waals surface area contributed by atoms with Crippen LogP contribution in [0.25, 0.3) is 0 Å². The third-order valence-corrected chi connectivity index (χ3v) is 11.6. The van der Waals surface area contributed by atoms with Crippen molar-refractivity contribution in [3.63, 3.8) is 0 Å². The maximum absolute atomic E-state index is 11.9. The summed E-state index contributed by atoms with van der Waals surface area (Å²) in [6, 6.07) is 4.22. The molecule has 0 radical (unpaired) electrons. The lowest BCUT2D eigenvalue weighted by atomic mass is 10.4. The SMILES string of the molecule is CC[Si](CC)(CC)OC(=O)CCNCCC[Si](C)(C)OC. The first-order valence-corrected chi connectivity index (χ1v) is 14.0. The van der Waals surface area contributed by atoms with Gasteiger partial charge in [0, 0.05) is 13.7 Å². The van der Waals surface area contributed by atoms with Gasteiger partial charge in [0.2, 0.25) is 0 Å². The number of carbonyl (C=O) groups is 1. The van der Waals surface area contributed by atoms with E-state index in [2.05, 4.69) is 39.2 Å². The highest BCUT2D eigenvalue weighted by molar-refractivity contribution is 6.74. The van der Waals surface area contributed by atoms with Crippen molar-refractivity contribution < 1.29 is 13.6 Å². The molecule has 0 saturated heterocycles. The van der Waals surface area contributed by atoms with Gasteiger partial charge in [-0.2, -0.15) is 0 Å². The molecular weight excluding hydrogens is 298 g/mol. The minimum atomic E-state index is -1.77. The van der Waals surface area contributed by atoms with Crippen LogP contribution in [-0.2, 0) is 13.6 Å². The van der Waals surface area contributed by atoms with E-state index in [-0.39, 0.29) is 5.97 Å².